The topological polar surface area (TPSA) is 78.7 Å². The Morgan fingerprint density at radius 3 is 2.47 bits per heavy atom. The number of benzene rings is 2. The van der Waals surface area contributed by atoms with Gasteiger partial charge in [-0.1, -0.05) is 12.1 Å². The van der Waals surface area contributed by atoms with Crippen LogP contribution in [0.1, 0.15) is 18.4 Å². The third-order valence-corrected chi connectivity index (χ3v) is 6.09. The first-order chi connectivity index (χ1) is 16.3. The molecule has 0 aliphatic carbocycles. The van der Waals surface area contributed by atoms with Gasteiger partial charge in [-0.25, -0.2) is 18.3 Å². The third kappa shape index (κ3) is 5.66. The van der Waals surface area contributed by atoms with Crippen molar-refractivity contribution >= 4 is 11.8 Å². The molecule has 1 aliphatic heterocycles. The van der Waals surface area contributed by atoms with Crippen LogP contribution in [0.15, 0.2) is 59.4 Å². The molecule has 1 aromatic heterocycles. The molecular formula is C25H26F2N4O3. The standard InChI is InChI=1S/C25H26F2N4O3/c1-29-9-7-17(8-10-29)15-30(25(33)34)22-4-2-3-18(11-22)16-31-24(32)6-5-23(28-31)19-12-20(26)14-21(27)13-19/h2-6,11-14,17H,7-10,15-16H2,1H3,(H,33,34). The first-order valence-corrected chi connectivity index (χ1v) is 11.1. The molecule has 2 aromatic carbocycles. The van der Waals surface area contributed by atoms with Crippen LogP contribution >= 0.6 is 0 Å². The van der Waals surface area contributed by atoms with Crippen LogP contribution in [0.4, 0.5) is 19.3 Å². The van der Waals surface area contributed by atoms with Gasteiger partial charge in [-0.3, -0.25) is 9.69 Å². The number of rotatable bonds is 6. The summed E-state index contributed by atoms with van der Waals surface area (Å²) in [6.07, 6.45) is 0.848. The Bertz CT molecular complexity index is 1220. The minimum absolute atomic E-state index is 0.0833. The fourth-order valence-corrected chi connectivity index (χ4v) is 4.21. The van der Waals surface area contributed by atoms with E-state index in [4.69, 9.17) is 0 Å². The number of piperidine rings is 1. The van der Waals surface area contributed by atoms with Gasteiger partial charge in [-0.05, 0) is 74.8 Å². The Balaban J connectivity index is 1.57. The number of anilines is 1. The molecule has 4 rings (SSSR count). The largest absolute Gasteiger partial charge is 0.465 e. The lowest BCUT2D eigenvalue weighted by Crippen LogP contribution is -2.39. The van der Waals surface area contributed by atoms with Crippen LogP contribution in [0.3, 0.4) is 0 Å². The normalized spacial score (nSPS) is 14.8. The van der Waals surface area contributed by atoms with E-state index in [-0.39, 0.29) is 29.3 Å². The van der Waals surface area contributed by atoms with Gasteiger partial charge >= 0.3 is 6.09 Å². The molecule has 1 fully saturated rings. The van der Waals surface area contributed by atoms with E-state index in [0.29, 0.717) is 17.8 Å². The van der Waals surface area contributed by atoms with Crippen LogP contribution in [0.25, 0.3) is 11.3 Å². The molecule has 9 heteroatoms. The molecule has 0 spiro atoms. The zero-order valence-electron chi connectivity index (χ0n) is 18.8. The summed E-state index contributed by atoms with van der Waals surface area (Å²) in [5, 5.41) is 14.1. The summed E-state index contributed by atoms with van der Waals surface area (Å²) in [4.78, 5) is 28.0. The fourth-order valence-electron chi connectivity index (χ4n) is 4.21. The van der Waals surface area contributed by atoms with Crippen LogP contribution in [-0.4, -0.2) is 52.6 Å². The van der Waals surface area contributed by atoms with E-state index < -0.39 is 17.7 Å². The van der Waals surface area contributed by atoms with Gasteiger partial charge in [0.05, 0.1) is 12.2 Å². The number of likely N-dealkylation sites (tertiary alicyclic amines) is 1. The fraction of sp³-hybridized carbons (Fsp3) is 0.320. The van der Waals surface area contributed by atoms with Crippen LogP contribution in [-0.2, 0) is 6.54 Å². The number of aromatic nitrogens is 2. The summed E-state index contributed by atoms with van der Waals surface area (Å²) in [6.45, 7) is 2.38. The predicted molar refractivity (Wildman–Crippen MR) is 125 cm³/mol. The van der Waals surface area contributed by atoms with Gasteiger partial charge in [0.15, 0.2) is 0 Å². The van der Waals surface area contributed by atoms with Crippen LogP contribution in [0.2, 0.25) is 0 Å². The average molecular weight is 469 g/mol. The number of carboxylic acid groups (broad SMARTS) is 1. The van der Waals surface area contributed by atoms with Gasteiger partial charge in [0.2, 0.25) is 0 Å². The van der Waals surface area contributed by atoms with E-state index in [2.05, 4.69) is 17.0 Å². The lowest BCUT2D eigenvalue weighted by atomic mass is 9.96. The summed E-state index contributed by atoms with van der Waals surface area (Å²) < 4.78 is 28.4. The van der Waals surface area contributed by atoms with Gasteiger partial charge in [-0.15, -0.1) is 0 Å². The van der Waals surface area contributed by atoms with Crippen LogP contribution < -0.4 is 10.5 Å². The summed E-state index contributed by atoms with van der Waals surface area (Å²) in [6, 6.07) is 12.7. The van der Waals surface area contributed by atoms with E-state index in [0.717, 1.165) is 44.1 Å². The van der Waals surface area contributed by atoms with Crippen molar-refractivity contribution in [2.75, 3.05) is 31.6 Å². The highest BCUT2D eigenvalue weighted by molar-refractivity contribution is 5.86. The van der Waals surface area contributed by atoms with E-state index in [1.807, 2.05) is 0 Å². The Kier molecular flexibility index (Phi) is 7.02. The molecule has 1 N–H and O–H groups in total. The molecule has 7 nitrogen and oxygen atoms in total. The number of halogens is 2. The number of nitrogens with zero attached hydrogens (tertiary/aromatic N) is 4. The third-order valence-electron chi connectivity index (χ3n) is 6.09. The molecule has 1 saturated heterocycles. The molecule has 1 amide bonds. The van der Waals surface area contributed by atoms with Crippen molar-refractivity contribution in [1.82, 2.24) is 14.7 Å². The van der Waals surface area contributed by atoms with Crippen molar-refractivity contribution < 1.29 is 18.7 Å². The van der Waals surface area contributed by atoms with E-state index in [9.17, 15) is 23.5 Å². The maximum Gasteiger partial charge on any atom is 0.411 e. The number of amides is 1. The van der Waals surface area contributed by atoms with Crippen LogP contribution in [0, 0.1) is 17.6 Å². The molecule has 3 aromatic rings. The maximum atomic E-state index is 13.6. The first-order valence-electron chi connectivity index (χ1n) is 11.1. The minimum atomic E-state index is -1.03. The first kappa shape index (κ1) is 23.6. The summed E-state index contributed by atoms with van der Waals surface area (Å²) in [5.74, 6) is -1.19. The number of hydrogen-bond donors (Lipinski definition) is 1. The van der Waals surface area contributed by atoms with Gasteiger partial charge in [0, 0.05) is 29.9 Å². The summed E-state index contributed by atoms with van der Waals surface area (Å²) in [7, 11) is 2.06. The van der Waals surface area contributed by atoms with Gasteiger partial charge in [0.1, 0.15) is 11.6 Å². The summed E-state index contributed by atoms with van der Waals surface area (Å²) >= 11 is 0. The molecule has 0 bridgehead atoms. The van der Waals surface area contributed by atoms with Gasteiger partial charge in [0.25, 0.3) is 5.56 Å². The quantitative estimate of drug-likeness (QED) is 0.590. The second kappa shape index (κ2) is 10.1. The SMILES string of the molecule is CN1CCC(CN(C(=O)O)c2cccc(Cn3nc(-c4cc(F)cc(F)c4)ccc3=O)c2)CC1. The monoisotopic (exact) mass is 468 g/mol. The second-order valence-electron chi connectivity index (χ2n) is 8.68. The molecule has 0 unspecified atom stereocenters. The Labute approximate surface area is 195 Å². The number of hydrogen-bond acceptors (Lipinski definition) is 4. The van der Waals surface area contributed by atoms with Crippen molar-refractivity contribution in [3.8, 4) is 11.3 Å². The molecule has 1 aliphatic rings. The predicted octanol–water partition coefficient (Wildman–Crippen LogP) is 4.06. The second-order valence-corrected chi connectivity index (χ2v) is 8.68. The van der Waals surface area contributed by atoms with Crippen molar-refractivity contribution in [1.29, 1.82) is 0 Å². The highest BCUT2D eigenvalue weighted by atomic mass is 19.1. The van der Waals surface area contributed by atoms with E-state index >= 15 is 0 Å². The lowest BCUT2D eigenvalue weighted by Gasteiger charge is -2.32. The highest BCUT2D eigenvalue weighted by Crippen LogP contribution is 2.23. The maximum absolute atomic E-state index is 13.6. The van der Waals surface area contributed by atoms with Crippen molar-refractivity contribution in [3.63, 3.8) is 0 Å². The molecule has 0 atom stereocenters. The average Bonchev–Trinajstić information content (AvgIpc) is 2.79. The van der Waals surface area contributed by atoms with Crippen molar-refractivity contribution in [2.45, 2.75) is 19.4 Å². The molecule has 0 radical (unpaired) electrons. The lowest BCUT2D eigenvalue weighted by molar-refractivity contribution is 0.192. The van der Waals surface area contributed by atoms with Gasteiger partial charge in [-0.2, -0.15) is 5.10 Å². The van der Waals surface area contributed by atoms with E-state index in [1.54, 1.807) is 24.3 Å². The smallest absolute Gasteiger partial charge is 0.411 e. The van der Waals surface area contributed by atoms with Crippen molar-refractivity contribution in [3.05, 3.63) is 82.1 Å². The Morgan fingerprint density at radius 2 is 1.79 bits per heavy atom. The van der Waals surface area contributed by atoms with Gasteiger partial charge < -0.3 is 10.0 Å². The summed E-state index contributed by atoms with van der Waals surface area (Å²) in [5.41, 5.74) is 1.30. The van der Waals surface area contributed by atoms with Crippen molar-refractivity contribution in [2.24, 2.45) is 5.92 Å². The highest BCUT2D eigenvalue weighted by Gasteiger charge is 2.23. The van der Waals surface area contributed by atoms with Crippen LogP contribution in [0.5, 0.6) is 0 Å². The molecule has 34 heavy (non-hydrogen) atoms. The zero-order chi connectivity index (χ0) is 24.2. The molecular weight excluding hydrogens is 442 g/mol. The molecule has 178 valence electrons. The molecule has 0 saturated carbocycles. The van der Waals surface area contributed by atoms with E-state index in [1.165, 1.54) is 21.7 Å². The number of carbonyl (C=O) groups is 1. The zero-order valence-corrected chi connectivity index (χ0v) is 18.8. The Hall–Kier alpha value is -3.59. The molecule has 2 heterocycles. The Morgan fingerprint density at radius 1 is 1.09 bits per heavy atom. The minimum Gasteiger partial charge on any atom is -0.465 e.